The molecule has 2 heterocycles. The number of aromatic nitrogens is 1. The minimum atomic E-state index is -0.774. The summed E-state index contributed by atoms with van der Waals surface area (Å²) in [6, 6.07) is 5.80. The number of carboxylic acids is 1. The third kappa shape index (κ3) is 3.51. The van der Waals surface area contributed by atoms with Gasteiger partial charge in [-0.05, 0) is 24.8 Å². The van der Waals surface area contributed by atoms with Crippen molar-refractivity contribution in [3.63, 3.8) is 0 Å². The summed E-state index contributed by atoms with van der Waals surface area (Å²) in [7, 11) is 0. The van der Waals surface area contributed by atoms with Gasteiger partial charge >= 0.3 is 5.97 Å². The number of ether oxygens (including phenoxy) is 2. The Kier molecular flexibility index (Phi) is 4.36. The van der Waals surface area contributed by atoms with E-state index in [2.05, 4.69) is 4.98 Å². The van der Waals surface area contributed by atoms with Crippen LogP contribution in [0.1, 0.15) is 12.8 Å². The van der Waals surface area contributed by atoms with Gasteiger partial charge in [-0.25, -0.2) is 4.98 Å². The van der Waals surface area contributed by atoms with Crippen molar-refractivity contribution in [3.05, 3.63) is 24.4 Å². The van der Waals surface area contributed by atoms with Gasteiger partial charge < -0.3 is 14.6 Å². The summed E-state index contributed by atoms with van der Waals surface area (Å²) in [6.07, 6.45) is 3.69. The highest BCUT2D eigenvalue weighted by molar-refractivity contribution is 5.69. The maximum absolute atomic E-state index is 10.9. The Balaban J connectivity index is 1.54. The zero-order valence-electron chi connectivity index (χ0n) is 11.9. The SMILES string of the molecule is O=C(O)CN1CCO[C@@H]2C[C@@H](COc3ccccn3)C[C@H]21. The lowest BCUT2D eigenvalue weighted by Crippen LogP contribution is -2.50. The molecule has 2 fully saturated rings. The standard InChI is InChI=1S/C15H20N2O4/c18-15(19)9-17-5-6-20-13-8-11(7-12(13)17)10-21-14-3-1-2-4-16-14/h1-4,11-13H,5-10H2,(H,18,19)/t11-,12+,13+/m0/s1. The van der Waals surface area contributed by atoms with E-state index in [1.54, 1.807) is 6.20 Å². The summed E-state index contributed by atoms with van der Waals surface area (Å²) in [4.78, 5) is 17.1. The van der Waals surface area contributed by atoms with Crippen molar-refractivity contribution < 1.29 is 19.4 Å². The molecule has 3 rings (SSSR count). The smallest absolute Gasteiger partial charge is 0.317 e. The molecule has 0 amide bonds. The number of morpholine rings is 1. The second-order valence-corrected chi connectivity index (χ2v) is 5.66. The molecule has 0 spiro atoms. The highest BCUT2D eigenvalue weighted by atomic mass is 16.5. The van der Waals surface area contributed by atoms with Gasteiger partial charge in [0.25, 0.3) is 0 Å². The van der Waals surface area contributed by atoms with Crippen molar-refractivity contribution >= 4 is 5.97 Å². The highest BCUT2D eigenvalue weighted by Crippen LogP contribution is 2.34. The van der Waals surface area contributed by atoms with E-state index in [0.717, 1.165) is 12.8 Å². The van der Waals surface area contributed by atoms with Crippen molar-refractivity contribution in [2.24, 2.45) is 5.92 Å². The van der Waals surface area contributed by atoms with Gasteiger partial charge in [0.15, 0.2) is 0 Å². The Bertz CT molecular complexity index is 482. The number of carbonyl (C=O) groups is 1. The van der Waals surface area contributed by atoms with Crippen molar-refractivity contribution in [2.75, 3.05) is 26.3 Å². The van der Waals surface area contributed by atoms with Gasteiger partial charge in [-0.1, -0.05) is 6.07 Å². The minimum absolute atomic E-state index is 0.0956. The average molecular weight is 292 g/mol. The Morgan fingerprint density at radius 3 is 3.14 bits per heavy atom. The van der Waals surface area contributed by atoms with Crippen molar-refractivity contribution in [3.8, 4) is 5.88 Å². The summed E-state index contributed by atoms with van der Waals surface area (Å²) in [6.45, 7) is 2.01. The molecule has 2 aliphatic rings. The van der Waals surface area contributed by atoms with Gasteiger partial charge in [0.2, 0.25) is 5.88 Å². The van der Waals surface area contributed by atoms with Crippen LogP contribution in [-0.4, -0.2) is 59.4 Å². The third-order valence-corrected chi connectivity index (χ3v) is 4.19. The molecule has 3 atom stereocenters. The fraction of sp³-hybridized carbons (Fsp3) is 0.600. The molecule has 0 bridgehead atoms. The lowest BCUT2D eigenvalue weighted by atomic mass is 10.1. The number of fused-ring (bicyclic) bond motifs is 1. The van der Waals surface area contributed by atoms with Crippen LogP contribution in [0.15, 0.2) is 24.4 Å². The summed E-state index contributed by atoms with van der Waals surface area (Å²) >= 11 is 0. The third-order valence-electron chi connectivity index (χ3n) is 4.19. The predicted molar refractivity (Wildman–Crippen MR) is 75.2 cm³/mol. The van der Waals surface area contributed by atoms with Crippen LogP contribution in [0.5, 0.6) is 5.88 Å². The number of hydrogen-bond donors (Lipinski definition) is 1. The summed E-state index contributed by atoms with van der Waals surface area (Å²) in [5, 5.41) is 8.99. The van der Waals surface area contributed by atoms with Gasteiger partial charge in [0.1, 0.15) is 0 Å². The van der Waals surface area contributed by atoms with Crippen LogP contribution in [0.4, 0.5) is 0 Å². The van der Waals surface area contributed by atoms with E-state index in [-0.39, 0.29) is 18.7 Å². The Hall–Kier alpha value is -1.66. The number of aliphatic carboxylic acids is 1. The van der Waals surface area contributed by atoms with Gasteiger partial charge in [0, 0.05) is 24.8 Å². The lowest BCUT2D eigenvalue weighted by molar-refractivity contribution is -0.142. The normalized spacial score (nSPS) is 29.0. The topological polar surface area (TPSA) is 71.9 Å². The maximum Gasteiger partial charge on any atom is 0.317 e. The number of pyridine rings is 1. The molecule has 1 aliphatic carbocycles. The molecule has 6 heteroatoms. The van der Waals surface area contributed by atoms with E-state index >= 15 is 0 Å². The first-order valence-electron chi connectivity index (χ1n) is 7.33. The van der Waals surface area contributed by atoms with Gasteiger partial charge in [-0.3, -0.25) is 9.69 Å². The van der Waals surface area contributed by atoms with Crippen LogP contribution in [0.3, 0.4) is 0 Å². The molecule has 6 nitrogen and oxygen atoms in total. The molecule has 1 aromatic rings. The first-order valence-corrected chi connectivity index (χ1v) is 7.33. The summed E-state index contributed by atoms with van der Waals surface area (Å²) in [5.74, 6) is 0.246. The van der Waals surface area contributed by atoms with Gasteiger partial charge in [-0.2, -0.15) is 0 Å². The number of hydrogen-bond acceptors (Lipinski definition) is 5. The minimum Gasteiger partial charge on any atom is -0.480 e. The lowest BCUT2D eigenvalue weighted by Gasteiger charge is -2.36. The largest absolute Gasteiger partial charge is 0.480 e. The Morgan fingerprint density at radius 1 is 1.48 bits per heavy atom. The van der Waals surface area contributed by atoms with Crippen LogP contribution in [0.2, 0.25) is 0 Å². The zero-order chi connectivity index (χ0) is 14.7. The van der Waals surface area contributed by atoms with Crippen molar-refractivity contribution in [2.45, 2.75) is 25.0 Å². The van der Waals surface area contributed by atoms with Crippen LogP contribution in [-0.2, 0) is 9.53 Å². The second kappa shape index (κ2) is 6.41. The van der Waals surface area contributed by atoms with Crippen LogP contribution >= 0.6 is 0 Å². The van der Waals surface area contributed by atoms with Crippen LogP contribution < -0.4 is 4.74 Å². The maximum atomic E-state index is 10.9. The number of rotatable bonds is 5. The van der Waals surface area contributed by atoms with E-state index < -0.39 is 5.97 Å². The molecule has 1 aromatic heterocycles. The molecule has 114 valence electrons. The first kappa shape index (κ1) is 14.3. The van der Waals surface area contributed by atoms with Gasteiger partial charge in [-0.15, -0.1) is 0 Å². The Labute approximate surface area is 123 Å². The molecule has 0 unspecified atom stereocenters. The average Bonchev–Trinajstić information content (AvgIpc) is 2.90. The first-order chi connectivity index (χ1) is 10.2. The predicted octanol–water partition coefficient (Wildman–Crippen LogP) is 1.02. The fourth-order valence-electron chi connectivity index (χ4n) is 3.27. The number of nitrogens with zero attached hydrogens (tertiary/aromatic N) is 2. The Morgan fingerprint density at radius 2 is 2.38 bits per heavy atom. The van der Waals surface area contributed by atoms with Crippen molar-refractivity contribution in [1.82, 2.24) is 9.88 Å². The van der Waals surface area contributed by atoms with Gasteiger partial charge in [0.05, 0.1) is 25.9 Å². The summed E-state index contributed by atoms with van der Waals surface area (Å²) < 4.78 is 11.5. The molecule has 1 N–H and O–H groups in total. The monoisotopic (exact) mass is 292 g/mol. The van der Waals surface area contributed by atoms with Crippen LogP contribution in [0.25, 0.3) is 0 Å². The number of carboxylic acid groups (broad SMARTS) is 1. The molecule has 1 saturated carbocycles. The molecular weight excluding hydrogens is 272 g/mol. The van der Waals surface area contributed by atoms with Crippen LogP contribution in [0, 0.1) is 5.92 Å². The highest BCUT2D eigenvalue weighted by Gasteiger charge is 2.41. The molecule has 1 aliphatic heterocycles. The molecule has 21 heavy (non-hydrogen) atoms. The second-order valence-electron chi connectivity index (χ2n) is 5.66. The van der Waals surface area contributed by atoms with E-state index in [4.69, 9.17) is 14.6 Å². The van der Waals surface area contributed by atoms with E-state index in [9.17, 15) is 4.79 Å². The van der Waals surface area contributed by atoms with Crippen molar-refractivity contribution in [1.29, 1.82) is 0 Å². The van der Waals surface area contributed by atoms with E-state index in [0.29, 0.717) is 31.6 Å². The zero-order valence-corrected chi connectivity index (χ0v) is 11.9. The molecule has 0 aromatic carbocycles. The van der Waals surface area contributed by atoms with E-state index in [1.807, 2.05) is 23.1 Å². The quantitative estimate of drug-likeness (QED) is 0.874. The van der Waals surface area contributed by atoms with E-state index in [1.165, 1.54) is 0 Å². The molecule has 1 saturated heterocycles. The molecule has 0 radical (unpaired) electrons. The fourth-order valence-corrected chi connectivity index (χ4v) is 3.27. The molecular formula is C15H20N2O4. The summed E-state index contributed by atoms with van der Waals surface area (Å²) in [5.41, 5.74) is 0.